The number of fused-ring (bicyclic) bond motifs is 2. The Kier molecular flexibility index (Phi) is 2.71. The molecule has 6 heteroatoms. The van der Waals surface area contributed by atoms with Gasteiger partial charge in [-0.25, -0.2) is 8.42 Å². The van der Waals surface area contributed by atoms with E-state index in [-0.39, 0.29) is 36.7 Å². The molecule has 0 spiro atoms. The summed E-state index contributed by atoms with van der Waals surface area (Å²) in [5.41, 5.74) is 0.224. The largest absolute Gasteiger partial charge is 0.289 e. The van der Waals surface area contributed by atoms with Crippen molar-refractivity contribution in [1.29, 1.82) is 0 Å². The monoisotopic (exact) mass is 312 g/mol. The molecule has 0 aromatic heterocycles. The Balaban J connectivity index is 2.50. The normalized spacial score (nSPS) is 15.8. The van der Waals surface area contributed by atoms with Crippen molar-refractivity contribution in [2.24, 2.45) is 0 Å². The van der Waals surface area contributed by atoms with Gasteiger partial charge in [-0.1, -0.05) is 35.3 Å². The highest BCUT2D eigenvalue weighted by molar-refractivity contribution is 7.92. The van der Waals surface area contributed by atoms with Crippen molar-refractivity contribution in [3.05, 3.63) is 57.6 Å². The van der Waals surface area contributed by atoms with Gasteiger partial charge in [0.25, 0.3) is 0 Å². The SMILES string of the molecule is O=C1c2ccccc2S(=O)(=O)c2c1ccc(Cl)c2Cl. The van der Waals surface area contributed by atoms with E-state index in [0.717, 1.165) is 0 Å². The van der Waals surface area contributed by atoms with Crippen LogP contribution in [0.3, 0.4) is 0 Å². The molecule has 0 radical (unpaired) electrons. The van der Waals surface area contributed by atoms with Crippen LogP contribution in [0, 0.1) is 0 Å². The van der Waals surface area contributed by atoms with Crippen molar-refractivity contribution >= 4 is 38.8 Å². The van der Waals surface area contributed by atoms with Crippen LogP contribution in [0.4, 0.5) is 0 Å². The Morgan fingerprint density at radius 2 is 1.58 bits per heavy atom. The van der Waals surface area contributed by atoms with Gasteiger partial charge in [0, 0.05) is 11.1 Å². The summed E-state index contributed by atoms with van der Waals surface area (Å²) in [6, 6.07) is 8.87. The molecule has 19 heavy (non-hydrogen) atoms. The quantitative estimate of drug-likeness (QED) is 0.639. The summed E-state index contributed by atoms with van der Waals surface area (Å²) in [5.74, 6) is -0.362. The number of benzene rings is 2. The fraction of sp³-hybridized carbons (Fsp3) is 0. The number of halogens is 2. The minimum absolute atomic E-state index is 0.0309. The average Bonchev–Trinajstić information content (AvgIpc) is 2.39. The fourth-order valence-electron chi connectivity index (χ4n) is 2.12. The standard InChI is InChI=1S/C13H6Cl2O3S/c14-9-6-5-8-12(16)7-3-1-2-4-10(7)19(17,18)13(8)11(9)15/h1-6H. The van der Waals surface area contributed by atoms with E-state index in [9.17, 15) is 13.2 Å². The van der Waals surface area contributed by atoms with Crippen LogP contribution in [-0.2, 0) is 9.84 Å². The van der Waals surface area contributed by atoms with Gasteiger partial charge in [-0.05, 0) is 24.3 Å². The highest BCUT2D eigenvalue weighted by Crippen LogP contribution is 2.40. The fourth-order valence-corrected chi connectivity index (χ4v) is 4.52. The molecule has 2 aromatic rings. The number of sulfone groups is 1. The number of hydrogen-bond donors (Lipinski definition) is 0. The van der Waals surface area contributed by atoms with Crippen molar-refractivity contribution < 1.29 is 13.2 Å². The first-order chi connectivity index (χ1) is 8.94. The Morgan fingerprint density at radius 3 is 2.32 bits per heavy atom. The van der Waals surface area contributed by atoms with E-state index in [1.807, 2.05) is 0 Å². The van der Waals surface area contributed by atoms with Gasteiger partial charge in [-0.2, -0.15) is 0 Å². The van der Waals surface area contributed by atoms with E-state index in [1.165, 1.54) is 24.3 Å². The Hall–Kier alpha value is -1.36. The van der Waals surface area contributed by atoms with Gasteiger partial charge < -0.3 is 0 Å². The third-order valence-electron chi connectivity index (χ3n) is 2.98. The van der Waals surface area contributed by atoms with Crippen LogP contribution >= 0.6 is 23.2 Å². The van der Waals surface area contributed by atoms with Gasteiger partial charge in [-0.15, -0.1) is 0 Å². The van der Waals surface area contributed by atoms with Gasteiger partial charge in [-0.3, -0.25) is 4.79 Å². The number of hydrogen-bond acceptors (Lipinski definition) is 3. The Morgan fingerprint density at radius 1 is 0.895 bits per heavy atom. The van der Waals surface area contributed by atoms with Gasteiger partial charge in [0.15, 0.2) is 5.78 Å². The molecule has 1 aliphatic heterocycles. The number of rotatable bonds is 0. The molecule has 0 saturated heterocycles. The molecule has 3 nitrogen and oxygen atoms in total. The molecule has 0 aliphatic carbocycles. The van der Waals surface area contributed by atoms with E-state index in [0.29, 0.717) is 0 Å². The first-order valence-electron chi connectivity index (χ1n) is 5.31. The maximum atomic E-state index is 12.5. The second-order valence-corrected chi connectivity index (χ2v) is 6.71. The van der Waals surface area contributed by atoms with E-state index in [4.69, 9.17) is 23.2 Å². The zero-order chi connectivity index (χ0) is 13.8. The second kappa shape index (κ2) is 4.07. The van der Waals surface area contributed by atoms with E-state index in [1.54, 1.807) is 12.1 Å². The summed E-state index contributed by atoms with van der Waals surface area (Å²) in [5, 5.41) is -0.00167. The van der Waals surface area contributed by atoms with E-state index >= 15 is 0 Å². The van der Waals surface area contributed by atoms with Gasteiger partial charge in [0.05, 0.1) is 14.9 Å². The van der Waals surface area contributed by atoms with Crippen LogP contribution < -0.4 is 0 Å². The molecule has 1 heterocycles. The molecule has 0 fully saturated rings. The summed E-state index contributed by atoms with van der Waals surface area (Å²) in [7, 11) is -3.82. The van der Waals surface area contributed by atoms with Crippen LogP contribution in [0.25, 0.3) is 0 Å². The number of carbonyl (C=O) groups is 1. The lowest BCUT2D eigenvalue weighted by Crippen LogP contribution is -2.20. The zero-order valence-corrected chi connectivity index (χ0v) is 11.7. The molecule has 0 unspecified atom stereocenters. The van der Waals surface area contributed by atoms with Crippen molar-refractivity contribution in [2.75, 3.05) is 0 Å². The van der Waals surface area contributed by atoms with Crippen LogP contribution in [0.5, 0.6) is 0 Å². The lowest BCUT2D eigenvalue weighted by Gasteiger charge is -2.19. The van der Waals surface area contributed by atoms with Crippen molar-refractivity contribution in [3.63, 3.8) is 0 Å². The maximum Gasteiger partial charge on any atom is 0.209 e. The molecule has 3 rings (SSSR count). The molecular formula is C13H6Cl2O3S. The third kappa shape index (κ3) is 1.64. The molecule has 0 amide bonds. The Labute approximate surface area is 119 Å². The topological polar surface area (TPSA) is 51.2 Å². The highest BCUT2D eigenvalue weighted by Gasteiger charge is 2.36. The second-order valence-electron chi connectivity index (χ2n) is 4.07. The first-order valence-corrected chi connectivity index (χ1v) is 7.55. The molecule has 2 aromatic carbocycles. The number of carbonyl (C=O) groups excluding carboxylic acids is 1. The maximum absolute atomic E-state index is 12.5. The summed E-state index contributed by atoms with van der Waals surface area (Å²) >= 11 is 11.8. The smallest absolute Gasteiger partial charge is 0.209 e. The molecule has 96 valence electrons. The zero-order valence-electron chi connectivity index (χ0n) is 9.35. The van der Waals surface area contributed by atoms with Crippen LogP contribution in [0.1, 0.15) is 15.9 Å². The molecule has 0 atom stereocenters. The predicted octanol–water partition coefficient (Wildman–Crippen LogP) is 3.37. The van der Waals surface area contributed by atoms with Gasteiger partial charge in [0.1, 0.15) is 4.90 Å². The molecule has 0 bridgehead atoms. The van der Waals surface area contributed by atoms with Gasteiger partial charge >= 0.3 is 0 Å². The summed E-state index contributed by atoms with van der Waals surface area (Å²) in [4.78, 5) is 12.1. The lowest BCUT2D eigenvalue weighted by atomic mass is 10.0. The van der Waals surface area contributed by atoms with Gasteiger partial charge in [0.2, 0.25) is 9.84 Å². The van der Waals surface area contributed by atoms with Crippen LogP contribution in [-0.4, -0.2) is 14.2 Å². The average molecular weight is 313 g/mol. The minimum Gasteiger partial charge on any atom is -0.289 e. The van der Waals surface area contributed by atoms with Crippen LogP contribution in [0.15, 0.2) is 46.2 Å². The summed E-state index contributed by atoms with van der Waals surface area (Å²) < 4.78 is 25.0. The molecule has 0 saturated carbocycles. The first kappa shape index (κ1) is 12.7. The summed E-state index contributed by atoms with van der Waals surface area (Å²) in [6.45, 7) is 0. The van der Waals surface area contributed by atoms with Crippen molar-refractivity contribution in [3.8, 4) is 0 Å². The highest BCUT2D eigenvalue weighted by atomic mass is 35.5. The Bertz CT molecular complexity index is 826. The van der Waals surface area contributed by atoms with Crippen molar-refractivity contribution in [1.82, 2.24) is 0 Å². The summed E-state index contributed by atoms with van der Waals surface area (Å²) in [6.07, 6.45) is 0. The molecule has 1 aliphatic rings. The minimum atomic E-state index is -3.82. The molecular weight excluding hydrogens is 307 g/mol. The van der Waals surface area contributed by atoms with E-state index < -0.39 is 9.84 Å². The van der Waals surface area contributed by atoms with E-state index in [2.05, 4.69) is 0 Å². The third-order valence-corrected chi connectivity index (χ3v) is 5.80. The van der Waals surface area contributed by atoms with Crippen molar-refractivity contribution in [2.45, 2.75) is 9.79 Å². The van der Waals surface area contributed by atoms with Crippen LogP contribution in [0.2, 0.25) is 10.0 Å². The molecule has 0 N–H and O–H groups in total. The predicted molar refractivity (Wildman–Crippen MR) is 71.8 cm³/mol. The number of ketones is 1. The lowest BCUT2D eigenvalue weighted by molar-refractivity contribution is 0.103.